The summed E-state index contributed by atoms with van der Waals surface area (Å²) in [6, 6.07) is 15.3. The minimum atomic E-state index is -0.102. The van der Waals surface area contributed by atoms with Crippen LogP contribution in [0.4, 0.5) is 5.95 Å². The van der Waals surface area contributed by atoms with Gasteiger partial charge in [0.2, 0.25) is 5.95 Å². The Labute approximate surface area is 126 Å². The lowest BCUT2D eigenvalue weighted by Crippen LogP contribution is -2.27. The maximum absolute atomic E-state index is 12.3. The first-order valence-corrected chi connectivity index (χ1v) is 7.34. The molecule has 0 fully saturated rings. The summed E-state index contributed by atoms with van der Waals surface area (Å²) in [6.07, 6.45) is 1.67. The third kappa shape index (κ3) is 2.83. The van der Waals surface area contributed by atoms with Gasteiger partial charge in [0.15, 0.2) is 0 Å². The first kappa shape index (κ1) is 13.5. The van der Waals surface area contributed by atoms with Crippen molar-refractivity contribution >= 4 is 23.2 Å². The Hall–Kier alpha value is -2.53. The molecule has 5 heteroatoms. The Bertz CT molecular complexity index is 741. The fourth-order valence-electron chi connectivity index (χ4n) is 1.94. The van der Waals surface area contributed by atoms with Crippen molar-refractivity contribution in [2.45, 2.75) is 0 Å². The van der Waals surface area contributed by atoms with Crippen molar-refractivity contribution in [2.75, 3.05) is 11.9 Å². The zero-order valence-corrected chi connectivity index (χ0v) is 12.2. The van der Waals surface area contributed by atoms with Gasteiger partial charge in [0.25, 0.3) is 5.91 Å². The monoisotopic (exact) mass is 295 g/mol. The van der Waals surface area contributed by atoms with Crippen molar-refractivity contribution in [2.24, 2.45) is 0 Å². The van der Waals surface area contributed by atoms with Gasteiger partial charge >= 0.3 is 0 Å². The second-order valence-corrected chi connectivity index (χ2v) is 5.40. The molecule has 0 unspecified atom stereocenters. The zero-order chi connectivity index (χ0) is 14.7. The molecule has 0 bridgehead atoms. The number of nitrogens with zero attached hydrogens (tertiary/aromatic N) is 3. The van der Waals surface area contributed by atoms with Crippen LogP contribution in [0.15, 0.2) is 60.1 Å². The molecule has 104 valence electrons. The summed E-state index contributed by atoms with van der Waals surface area (Å²) in [6.45, 7) is 0. The van der Waals surface area contributed by atoms with Gasteiger partial charge in [-0.05, 0) is 17.5 Å². The quantitative estimate of drug-likeness (QED) is 0.743. The van der Waals surface area contributed by atoms with Crippen molar-refractivity contribution in [1.82, 2.24) is 9.97 Å². The largest absolute Gasteiger partial charge is 0.279 e. The number of carbonyl (C=O) groups excluding carboxylic acids is 1. The van der Waals surface area contributed by atoms with E-state index in [1.165, 1.54) is 16.2 Å². The maximum Gasteiger partial charge on any atom is 0.270 e. The van der Waals surface area contributed by atoms with Crippen LogP contribution in [-0.2, 0) is 0 Å². The van der Waals surface area contributed by atoms with Gasteiger partial charge in [-0.15, -0.1) is 11.3 Å². The Balaban J connectivity index is 1.91. The first-order chi connectivity index (χ1) is 10.3. The topological polar surface area (TPSA) is 46.1 Å². The predicted molar refractivity (Wildman–Crippen MR) is 84.5 cm³/mol. The lowest BCUT2D eigenvalue weighted by Gasteiger charge is -2.14. The fourth-order valence-corrected chi connectivity index (χ4v) is 2.63. The third-order valence-electron chi connectivity index (χ3n) is 3.05. The number of aromatic nitrogens is 2. The average Bonchev–Trinajstić information content (AvgIpc) is 3.09. The predicted octanol–water partition coefficient (Wildman–Crippen LogP) is 3.48. The lowest BCUT2D eigenvalue weighted by molar-refractivity contribution is 0.0995. The number of rotatable bonds is 3. The van der Waals surface area contributed by atoms with E-state index in [4.69, 9.17) is 0 Å². The number of benzene rings is 1. The molecule has 0 radical (unpaired) electrons. The molecule has 0 N–H and O–H groups in total. The molecule has 0 saturated carbocycles. The van der Waals surface area contributed by atoms with Gasteiger partial charge in [-0.1, -0.05) is 36.4 Å². The van der Waals surface area contributed by atoms with Crippen molar-refractivity contribution in [3.63, 3.8) is 0 Å². The van der Waals surface area contributed by atoms with Crippen LogP contribution in [0.1, 0.15) is 9.67 Å². The lowest BCUT2D eigenvalue weighted by atomic mass is 10.1. The molecule has 4 nitrogen and oxygen atoms in total. The van der Waals surface area contributed by atoms with E-state index in [1.807, 2.05) is 47.8 Å². The van der Waals surface area contributed by atoms with Crippen LogP contribution in [0.5, 0.6) is 0 Å². The van der Waals surface area contributed by atoms with Crippen LogP contribution < -0.4 is 4.90 Å². The van der Waals surface area contributed by atoms with Gasteiger partial charge in [-0.2, -0.15) is 0 Å². The van der Waals surface area contributed by atoms with Crippen LogP contribution in [0.25, 0.3) is 11.3 Å². The molecule has 0 aliphatic carbocycles. The van der Waals surface area contributed by atoms with Gasteiger partial charge in [-0.3, -0.25) is 9.69 Å². The summed E-state index contributed by atoms with van der Waals surface area (Å²) in [5.74, 6) is 0.296. The van der Waals surface area contributed by atoms with Gasteiger partial charge in [0.05, 0.1) is 10.6 Å². The Morgan fingerprint density at radius 2 is 1.90 bits per heavy atom. The highest BCUT2D eigenvalue weighted by atomic mass is 32.1. The SMILES string of the molecule is CN(C(=O)c1cccs1)c1nccc(-c2ccccc2)n1. The normalized spacial score (nSPS) is 10.3. The number of hydrogen-bond donors (Lipinski definition) is 0. The molecule has 3 aromatic rings. The highest BCUT2D eigenvalue weighted by Crippen LogP contribution is 2.19. The van der Waals surface area contributed by atoms with E-state index in [9.17, 15) is 4.79 Å². The molecule has 2 aromatic heterocycles. The fraction of sp³-hybridized carbons (Fsp3) is 0.0625. The van der Waals surface area contributed by atoms with Crippen molar-refractivity contribution in [3.05, 3.63) is 65.0 Å². The van der Waals surface area contributed by atoms with Gasteiger partial charge in [0.1, 0.15) is 0 Å². The van der Waals surface area contributed by atoms with Crippen molar-refractivity contribution in [1.29, 1.82) is 0 Å². The molecule has 1 aromatic carbocycles. The van der Waals surface area contributed by atoms with E-state index in [-0.39, 0.29) is 5.91 Å². The van der Waals surface area contributed by atoms with Crippen LogP contribution in [0, 0.1) is 0 Å². The minimum absolute atomic E-state index is 0.102. The van der Waals surface area contributed by atoms with E-state index in [2.05, 4.69) is 9.97 Å². The molecular formula is C16H13N3OS. The number of amides is 1. The second-order valence-electron chi connectivity index (χ2n) is 4.45. The molecule has 0 aliphatic rings. The standard InChI is InChI=1S/C16H13N3OS/c1-19(15(20)14-8-5-11-21-14)16-17-10-9-13(18-16)12-6-3-2-4-7-12/h2-11H,1H3. The molecular weight excluding hydrogens is 282 g/mol. The van der Waals surface area contributed by atoms with Crippen LogP contribution in [0.2, 0.25) is 0 Å². The molecule has 3 rings (SSSR count). The van der Waals surface area contributed by atoms with Gasteiger partial charge in [0, 0.05) is 18.8 Å². The molecule has 0 spiro atoms. The zero-order valence-electron chi connectivity index (χ0n) is 11.4. The molecule has 21 heavy (non-hydrogen) atoms. The van der Waals surface area contributed by atoms with Crippen LogP contribution >= 0.6 is 11.3 Å². The highest BCUT2D eigenvalue weighted by Gasteiger charge is 2.17. The molecule has 2 heterocycles. The van der Waals surface area contributed by atoms with E-state index in [0.717, 1.165) is 11.3 Å². The number of hydrogen-bond acceptors (Lipinski definition) is 4. The summed E-state index contributed by atoms with van der Waals surface area (Å²) < 4.78 is 0. The van der Waals surface area contributed by atoms with Gasteiger partial charge < -0.3 is 0 Å². The average molecular weight is 295 g/mol. The number of thiophene rings is 1. The van der Waals surface area contributed by atoms with Crippen molar-refractivity contribution < 1.29 is 4.79 Å². The summed E-state index contributed by atoms with van der Waals surface area (Å²) >= 11 is 1.41. The van der Waals surface area contributed by atoms with E-state index in [0.29, 0.717) is 10.8 Å². The second kappa shape index (κ2) is 5.85. The van der Waals surface area contributed by atoms with Crippen LogP contribution in [0.3, 0.4) is 0 Å². The highest BCUT2D eigenvalue weighted by molar-refractivity contribution is 7.12. The Morgan fingerprint density at radius 1 is 1.10 bits per heavy atom. The van der Waals surface area contributed by atoms with Crippen LogP contribution in [-0.4, -0.2) is 22.9 Å². The summed E-state index contributed by atoms with van der Waals surface area (Å²) in [5, 5.41) is 1.88. The maximum atomic E-state index is 12.3. The van der Waals surface area contributed by atoms with Gasteiger partial charge in [-0.25, -0.2) is 9.97 Å². The summed E-state index contributed by atoms with van der Waals surface area (Å²) in [4.78, 5) is 23.1. The van der Waals surface area contributed by atoms with Crippen molar-refractivity contribution in [3.8, 4) is 11.3 Å². The number of anilines is 1. The summed E-state index contributed by atoms with van der Waals surface area (Å²) in [7, 11) is 1.69. The minimum Gasteiger partial charge on any atom is -0.279 e. The molecule has 0 atom stereocenters. The molecule has 0 saturated heterocycles. The van der Waals surface area contributed by atoms with E-state index in [1.54, 1.807) is 19.3 Å². The van der Waals surface area contributed by atoms with E-state index < -0.39 is 0 Å². The molecule has 0 aliphatic heterocycles. The molecule has 1 amide bonds. The first-order valence-electron chi connectivity index (χ1n) is 6.46. The Kier molecular flexibility index (Phi) is 3.75. The third-order valence-corrected chi connectivity index (χ3v) is 3.91. The summed E-state index contributed by atoms with van der Waals surface area (Å²) in [5.41, 5.74) is 1.80. The van der Waals surface area contributed by atoms with E-state index >= 15 is 0 Å². The Morgan fingerprint density at radius 3 is 2.62 bits per heavy atom. The smallest absolute Gasteiger partial charge is 0.270 e. The number of carbonyl (C=O) groups is 1.